The van der Waals surface area contributed by atoms with Gasteiger partial charge < -0.3 is 14.6 Å². The number of carbonyl (C=O) groups is 1. The minimum atomic E-state index is -0.901. The topological polar surface area (TPSA) is 101 Å². The number of carboxylic acid groups (broad SMARTS) is 1. The van der Waals surface area contributed by atoms with Crippen LogP contribution in [0.4, 0.5) is 0 Å². The zero-order chi connectivity index (χ0) is 21.3. The quantitative estimate of drug-likeness (QED) is 0.427. The van der Waals surface area contributed by atoms with Crippen LogP contribution in [-0.4, -0.2) is 21.2 Å². The van der Waals surface area contributed by atoms with Crippen LogP contribution in [0.3, 0.4) is 0 Å². The van der Waals surface area contributed by atoms with Gasteiger partial charge in [-0.15, -0.1) is 11.3 Å². The molecule has 0 saturated carbocycles. The van der Waals surface area contributed by atoms with Crippen LogP contribution >= 0.6 is 11.3 Å². The van der Waals surface area contributed by atoms with E-state index >= 15 is 0 Å². The fourth-order valence-electron chi connectivity index (χ4n) is 3.56. The molecule has 0 unspecified atom stereocenters. The van der Waals surface area contributed by atoms with Crippen molar-refractivity contribution in [3.8, 4) is 16.3 Å². The Hall–Kier alpha value is -3.19. The third-order valence-electron chi connectivity index (χ3n) is 4.99. The minimum absolute atomic E-state index is 0.0261. The first kappa shape index (κ1) is 20.1. The van der Waals surface area contributed by atoms with Gasteiger partial charge in [-0.05, 0) is 36.6 Å². The van der Waals surface area contributed by atoms with Crippen LogP contribution in [-0.2, 0) is 17.6 Å². The van der Waals surface area contributed by atoms with Crippen LogP contribution in [0.5, 0.6) is 5.75 Å². The number of nitrogens with zero attached hydrogens (tertiary/aromatic N) is 1. The first-order valence-electron chi connectivity index (χ1n) is 9.87. The summed E-state index contributed by atoms with van der Waals surface area (Å²) >= 11 is 1.41. The summed E-state index contributed by atoms with van der Waals surface area (Å²) in [6.07, 6.45) is 2.09. The molecule has 0 aliphatic carbocycles. The number of phenolic OH excluding ortho intramolecular Hbond substituents is 1. The molecule has 2 N–H and O–H groups in total. The molecule has 0 radical (unpaired) electrons. The molecule has 0 bridgehead atoms. The number of benzene rings is 2. The largest absolute Gasteiger partial charge is 0.508 e. The highest BCUT2D eigenvalue weighted by Crippen LogP contribution is 2.34. The number of phenols is 1. The molecule has 0 aliphatic heterocycles. The Morgan fingerprint density at radius 1 is 1.20 bits per heavy atom. The molecule has 0 fully saturated rings. The fourth-order valence-corrected chi connectivity index (χ4v) is 4.59. The molecule has 0 atom stereocenters. The number of thiazole rings is 1. The van der Waals surface area contributed by atoms with E-state index in [2.05, 4.69) is 4.98 Å². The van der Waals surface area contributed by atoms with E-state index in [9.17, 15) is 14.7 Å². The van der Waals surface area contributed by atoms with Gasteiger partial charge in [-0.3, -0.25) is 9.59 Å². The maximum atomic E-state index is 13.5. The van der Waals surface area contributed by atoms with E-state index in [4.69, 9.17) is 9.52 Å². The fraction of sp³-hybridized carbons (Fsp3) is 0.261. The van der Waals surface area contributed by atoms with Crippen molar-refractivity contribution >= 4 is 38.5 Å². The maximum absolute atomic E-state index is 13.5. The van der Waals surface area contributed by atoms with Gasteiger partial charge in [-0.2, -0.15) is 0 Å². The number of rotatable bonds is 7. The monoisotopic (exact) mass is 423 g/mol. The molecule has 154 valence electrons. The van der Waals surface area contributed by atoms with Crippen molar-refractivity contribution in [3.05, 3.63) is 57.9 Å². The highest BCUT2D eigenvalue weighted by molar-refractivity contribution is 7.21. The summed E-state index contributed by atoms with van der Waals surface area (Å²) < 4.78 is 6.99. The lowest BCUT2D eigenvalue weighted by molar-refractivity contribution is -0.137. The number of aromatic hydroxyl groups is 1. The normalized spacial score (nSPS) is 11.4. The van der Waals surface area contributed by atoms with E-state index in [-0.39, 0.29) is 17.6 Å². The lowest BCUT2D eigenvalue weighted by atomic mass is 10.0. The second-order valence-electron chi connectivity index (χ2n) is 7.19. The molecule has 7 heteroatoms. The van der Waals surface area contributed by atoms with E-state index in [1.54, 1.807) is 6.07 Å². The van der Waals surface area contributed by atoms with Crippen molar-refractivity contribution in [2.75, 3.05) is 0 Å². The van der Waals surface area contributed by atoms with E-state index < -0.39 is 5.97 Å². The lowest BCUT2D eigenvalue weighted by Gasteiger charge is -2.10. The summed E-state index contributed by atoms with van der Waals surface area (Å²) in [5.41, 5.74) is 1.96. The SMILES string of the molecule is CCCc1cc2c(=O)c(-c3nc4ccccc4s3)c(CCCC(=O)O)oc2cc1O. The van der Waals surface area contributed by atoms with Crippen LogP contribution in [0.1, 0.15) is 37.5 Å². The molecule has 0 saturated heterocycles. The van der Waals surface area contributed by atoms with Crippen molar-refractivity contribution in [1.82, 2.24) is 4.98 Å². The lowest BCUT2D eigenvalue weighted by Crippen LogP contribution is -2.10. The van der Waals surface area contributed by atoms with Gasteiger partial charge in [0.15, 0.2) is 0 Å². The Labute approximate surface area is 176 Å². The van der Waals surface area contributed by atoms with Crippen molar-refractivity contribution in [2.45, 2.75) is 39.0 Å². The molecular formula is C23H21NO5S. The smallest absolute Gasteiger partial charge is 0.303 e. The molecule has 0 aliphatic rings. The molecule has 30 heavy (non-hydrogen) atoms. The van der Waals surface area contributed by atoms with Crippen molar-refractivity contribution in [2.24, 2.45) is 0 Å². The Morgan fingerprint density at radius 2 is 2.00 bits per heavy atom. The van der Waals surface area contributed by atoms with Crippen LogP contribution < -0.4 is 5.43 Å². The summed E-state index contributed by atoms with van der Waals surface area (Å²) in [5, 5.41) is 20.2. The Kier molecular flexibility index (Phi) is 5.55. The number of aliphatic carboxylic acids is 1. The highest BCUT2D eigenvalue weighted by atomic mass is 32.1. The van der Waals surface area contributed by atoms with Crippen LogP contribution in [0.15, 0.2) is 45.6 Å². The van der Waals surface area contributed by atoms with E-state index in [0.29, 0.717) is 52.1 Å². The van der Waals surface area contributed by atoms with Gasteiger partial charge in [-0.25, -0.2) is 4.98 Å². The average Bonchev–Trinajstić information content (AvgIpc) is 3.12. The summed E-state index contributed by atoms with van der Waals surface area (Å²) in [6.45, 7) is 2.00. The van der Waals surface area contributed by atoms with Gasteiger partial charge in [0.25, 0.3) is 0 Å². The van der Waals surface area contributed by atoms with Gasteiger partial charge in [-0.1, -0.05) is 25.5 Å². The van der Waals surface area contributed by atoms with Crippen LogP contribution in [0.25, 0.3) is 31.8 Å². The second kappa shape index (κ2) is 8.28. The van der Waals surface area contributed by atoms with E-state index in [1.807, 2.05) is 31.2 Å². The van der Waals surface area contributed by atoms with Crippen molar-refractivity contribution in [3.63, 3.8) is 0 Å². The molecular weight excluding hydrogens is 402 g/mol. The number of para-hydroxylation sites is 1. The third-order valence-corrected chi connectivity index (χ3v) is 6.04. The number of hydrogen-bond donors (Lipinski definition) is 2. The summed E-state index contributed by atoms with van der Waals surface area (Å²) in [7, 11) is 0. The number of aromatic nitrogens is 1. The number of aryl methyl sites for hydroxylation is 2. The Morgan fingerprint density at radius 3 is 2.73 bits per heavy atom. The highest BCUT2D eigenvalue weighted by Gasteiger charge is 2.21. The molecule has 0 spiro atoms. The summed E-state index contributed by atoms with van der Waals surface area (Å²) in [6, 6.07) is 10.8. The first-order chi connectivity index (χ1) is 14.5. The maximum Gasteiger partial charge on any atom is 0.303 e. The molecule has 2 aromatic carbocycles. The predicted octanol–water partition coefficient (Wildman–Crippen LogP) is 5.14. The van der Waals surface area contributed by atoms with E-state index in [0.717, 1.165) is 16.6 Å². The number of carboxylic acids is 1. The second-order valence-corrected chi connectivity index (χ2v) is 8.22. The first-order valence-corrected chi connectivity index (χ1v) is 10.7. The summed E-state index contributed by atoms with van der Waals surface area (Å²) in [4.78, 5) is 29.1. The molecule has 4 rings (SSSR count). The number of hydrogen-bond acceptors (Lipinski definition) is 6. The molecule has 2 heterocycles. The Bertz CT molecular complexity index is 1270. The zero-order valence-corrected chi connectivity index (χ0v) is 17.3. The Balaban J connectivity index is 1.93. The van der Waals surface area contributed by atoms with Crippen LogP contribution in [0, 0.1) is 0 Å². The average molecular weight is 423 g/mol. The molecule has 6 nitrogen and oxygen atoms in total. The summed E-state index contributed by atoms with van der Waals surface area (Å²) in [5.74, 6) is -0.409. The standard InChI is InChI=1S/C23H21NO5S/c1-2-6-13-11-14-18(12-16(13)25)29-17(8-5-10-20(26)27)21(22(14)28)23-24-15-7-3-4-9-19(15)30-23/h3-4,7,9,11-12,25H,2,5-6,8,10H2,1H3,(H,26,27). The van der Waals surface area contributed by atoms with Crippen molar-refractivity contribution in [1.29, 1.82) is 0 Å². The molecule has 4 aromatic rings. The molecule has 0 amide bonds. The number of fused-ring (bicyclic) bond motifs is 2. The third kappa shape index (κ3) is 3.80. The van der Waals surface area contributed by atoms with Crippen LogP contribution in [0.2, 0.25) is 0 Å². The van der Waals surface area contributed by atoms with E-state index in [1.165, 1.54) is 17.4 Å². The zero-order valence-electron chi connectivity index (χ0n) is 16.5. The predicted molar refractivity (Wildman–Crippen MR) is 117 cm³/mol. The van der Waals surface area contributed by atoms with Gasteiger partial charge in [0.05, 0.1) is 21.2 Å². The molecule has 2 aromatic heterocycles. The van der Waals surface area contributed by atoms with Crippen molar-refractivity contribution < 1.29 is 19.4 Å². The van der Waals surface area contributed by atoms with Gasteiger partial charge >= 0.3 is 5.97 Å². The van der Waals surface area contributed by atoms with Gasteiger partial charge in [0.1, 0.15) is 22.1 Å². The van der Waals surface area contributed by atoms with Gasteiger partial charge in [0.2, 0.25) is 5.43 Å². The minimum Gasteiger partial charge on any atom is -0.508 e. The van der Waals surface area contributed by atoms with Gasteiger partial charge in [0, 0.05) is 18.9 Å².